The van der Waals surface area contributed by atoms with Gasteiger partial charge in [-0.25, -0.2) is 4.98 Å². The molecule has 2 N–H and O–H groups in total. The lowest BCUT2D eigenvalue weighted by Crippen LogP contribution is -2.43. The number of halogens is 2. The summed E-state index contributed by atoms with van der Waals surface area (Å²) in [5.74, 6) is 0. The monoisotopic (exact) mass is 341 g/mol. The van der Waals surface area contributed by atoms with Crippen LogP contribution in [0.15, 0.2) is 16.7 Å². The number of rotatable bonds is 3. The maximum Gasteiger partial charge on any atom is 0.299 e. The second-order valence-electron chi connectivity index (χ2n) is 4.45. The molecule has 0 saturated carbocycles. The molecule has 0 atom stereocenters. The minimum absolute atomic E-state index is 0.0903. The molecule has 1 aromatic rings. The smallest absolute Gasteiger partial charge is 0.268 e. The average molecular weight is 343 g/mol. The maximum absolute atomic E-state index is 11.8. The molecular formula is C9H13BrClN3O2S. The molecule has 0 radical (unpaired) electrons. The Morgan fingerprint density at radius 1 is 1.41 bits per heavy atom. The van der Waals surface area contributed by atoms with Gasteiger partial charge >= 0.3 is 0 Å². The van der Waals surface area contributed by atoms with Crippen LogP contribution in [0, 0.1) is 0 Å². The van der Waals surface area contributed by atoms with Gasteiger partial charge in [0.15, 0.2) is 5.15 Å². The lowest BCUT2D eigenvalue weighted by Gasteiger charge is -2.21. The summed E-state index contributed by atoms with van der Waals surface area (Å²) in [7, 11) is -3.68. The zero-order valence-electron chi connectivity index (χ0n) is 9.58. The largest absolute Gasteiger partial charge is 0.299 e. The van der Waals surface area contributed by atoms with E-state index in [2.05, 4.69) is 30.4 Å². The van der Waals surface area contributed by atoms with Crippen LogP contribution in [0.25, 0.3) is 0 Å². The molecule has 0 aromatic carbocycles. The Hall–Kier alpha value is -0.370. The molecule has 5 nitrogen and oxygen atoms in total. The Labute approximate surface area is 114 Å². The fourth-order valence-corrected chi connectivity index (χ4v) is 2.91. The van der Waals surface area contributed by atoms with E-state index in [9.17, 15) is 8.42 Å². The van der Waals surface area contributed by atoms with Gasteiger partial charge in [0, 0.05) is 16.2 Å². The van der Waals surface area contributed by atoms with Crippen LogP contribution < -0.4 is 9.44 Å². The molecule has 0 aliphatic carbocycles. The van der Waals surface area contributed by atoms with E-state index in [4.69, 9.17) is 11.6 Å². The Morgan fingerprint density at radius 3 is 2.53 bits per heavy atom. The van der Waals surface area contributed by atoms with Crippen LogP contribution in [0.2, 0.25) is 5.15 Å². The summed E-state index contributed by atoms with van der Waals surface area (Å²) in [6, 6.07) is 1.54. The van der Waals surface area contributed by atoms with Crippen LogP contribution in [0.3, 0.4) is 0 Å². The Kier molecular flexibility index (Phi) is 4.40. The van der Waals surface area contributed by atoms with Crippen molar-refractivity contribution in [3.8, 4) is 0 Å². The summed E-state index contributed by atoms with van der Waals surface area (Å²) in [6.45, 7) is 5.23. The number of hydrogen-bond acceptors (Lipinski definition) is 3. The SMILES string of the molecule is CC(C)(C)NS(=O)(=O)Nc1cc(Br)cnc1Cl. The number of aromatic nitrogens is 1. The lowest BCUT2D eigenvalue weighted by atomic mass is 10.1. The van der Waals surface area contributed by atoms with Crippen molar-refractivity contribution in [1.29, 1.82) is 0 Å². The van der Waals surface area contributed by atoms with Crippen molar-refractivity contribution >= 4 is 43.4 Å². The van der Waals surface area contributed by atoms with Crippen molar-refractivity contribution in [3.05, 3.63) is 21.9 Å². The maximum atomic E-state index is 11.8. The van der Waals surface area contributed by atoms with Crippen LogP contribution in [-0.2, 0) is 10.2 Å². The first-order valence-electron chi connectivity index (χ1n) is 4.72. The number of nitrogens with one attached hydrogen (secondary N) is 2. The van der Waals surface area contributed by atoms with Gasteiger partial charge in [-0.05, 0) is 42.8 Å². The molecule has 0 aliphatic rings. The van der Waals surface area contributed by atoms with E-state index in [0.717, 1.165) is 0 Å². The molecule has 0 fully saturated rings. The highest BCUT2D eigenvalue weighted by atomic mass is 79.9. The Balaban J connectivity index is 2.94. The summed E-state index contributed by atoms with van der Waals surface area (Å²) in [4.78, 5) is 3.82. The summed E-state index contributed by atoms with van der Waals surface area (Å²) < 4.78 is 28.9. The Bertz CT molecular complexity index is 513. The standard InChI is InChI=1S/C9H13BrClN3O2S/c1-9(2,3)14-17(15,16)13-7-4-6(10)5-12-8(7)11/h4-5,13-14H,1-3H3. The van der Waals surface area contributed by atoms with Crippen molar-refractivity contribution in [2.24, 2.45) is 0 Å². The third kappa shape index (κ3) is 5.20. The minimum Gasteiger partial charge on any atom is -0.268 e. The van der Waals surface area contributed by atoms with Crippen molar-refractivity contribution in [1.82, 2.24) is 9.71 Å². The van der Waals surface area contributed by atoms with E-state index < -0.39 is 15.7 Å². The molecule has 0 spiro atoms. The van der Waals surface area contributed by atoms with Gasteiger partial charge in [0.05, 0.1) is 5.69 Å². The van der Waals surface area contributed by atoms with Crippen molar-refractivity contribution in [3.63, 3.8) is 0 Å². The van der Waals surface area contributed by atoms with Crippen LogP contribution >= 0.6 is 27.5 Å². The van der Waals surface area contributed by atoms with Gasteiger partial charge in [0.25, 0.3) is 10.2 Å². The lowest BCUT2D eigenvalue weighted by molar-refractivity contribution is 0.494. The zero-order valence-corrected chi connectivity index (χ0v) is 12.7. The van der Waals surface area contributed by atoms with Crippen molar-refractivity contribution in [2.75, 3.05) is 4.72 Å². The van der Waals surface area contributed by atoms with Crippen LogP contribution in [0.5, 0.6) is 0 Å². The van der Waals surface area contributed by atoms with Gasteiger partial charge in [-0.2, -0.15) is 13.1 Å². The highest BCUT2D eigenvalue weighted by Crippen LogP contribution is 2.23. The third-order valence-corrected chi connectivity index (χ3v) is 3.60. The second-order valence-corrected chi connectivity index (χ2v) is 7.14. The average Bonchev–Trinajstić information content (AvgIpc) is 2.06. The van der Waals surface area contributed by atoms with Crippen LogP contribution in [-0.4, -0.2) is 18.9 Å². The molecule has 0 unspecified atom stereocenters. The second kappa shape index (κ2) is 5.09. The Morgan fingerprint density at radius 2 is 2.00 bits per heavy atom. The first-order valence-corrected chi connectivity index (χ1v) is 7.37. The van der Waals surface area contributed by atoms with Crippen molar-refractivity contribution < 1.29 is 8.42 Å². The molecule has 0 aliphatic heterocycles. The summed E-state index contributed by atoms with van der Waals surface area (Å²) >= 11 is 8.98. The van der Waals surface area contributed by atoms with Gasteiger partial charge in [0.2, 0.25) is 0 Å². The number of hydrogen-bond donors (Lipinski definition) is 2. The van der Waals surface area contributed by atoms with E-state index in [1.165, 1.54) is 12.3 Å². The van der Waals surface area contributed by atoms with Crippen LogP contribution in [0.4, 0.5) is 5.69 Å². The van der Waals surface area contributed by atoms with E-state index in [1.54, 1.807) is 20.8 Å². The molecule has 1 aromatic heterocycles. The number of anilines is 1. The molecule has 8 heteroatoms. The molecule has 0 amide bonds. The van der Waals surface area contributed by atoms with E-state index in [-0.39, 0.29) is 10.8 Å². The molecule has 1 rings (SSSR count). The molecule has 17 heavy (non-hydrogen) atoms. The minimum atomic E-state index is -3.68. The van der Waals surface area contributed by atoms with E-state index in [1.807, 2.05) is 0 Å². The highest BCUT2D eigenvalue weighted by molar-refractivity contribution is 9.10. The number of nitrogens with zero attached hydrogens (tertiary/aromatic N) is 1. The van der Waals surface area contributed by atoms with Gasteiger partial charge in [-0.15, -0.1) is 0 Å². The molecule has 96 valence electrons. The van der Waals surface area contributed by atoms with E-state index >= 15 is 0 Å². The normalized spacial score (nSPS) is 12.5. The number of pyridine rings is 1. The topological polar surface area (TPSA) is 71.1 Å². The molecule has 0 bridgehead atoms. The summed E-state index contributed by atoms with van der Waals surface area (Å²) in [5, 5.41) is 0.0903. The highest BCUT2D eigenvalue weighted by Gasteiger charge is 2.20. The third-order valence-electron chi connectivity index (χ3n) is 1.49. The van der Waals surface area contributed by atoms with Crippen LogP contribution in [0.1, 0.15) is 20.8 Å². The summed E-state index contributed by atoms with van der Waals surface area (Å²) in [6.07, 6.45) is 1.48. The van der Waals surface area contributed by atoms with Gasteiger partial charge in [-0.3, -0.25) is 4.72 Å². The van der Waals surface area contributed by atoms with Crippen molar-refractivity contribution in [2.45, 2.75) is 26.3 Å². The predicted molar refractivity (Wildman–Crippen MR) is 72.4 cm³/mol. The van der Waals surface area contributed by atoms with Gasteiger partial charge in [0.1, 0.15) is 0 Å². The molecular weight excluding hydrogens is 330 g/mol. The fourth-order valence-electron chi connectivity index (χ4n) is 1.07. The first-order chi connectivity index (χ1) is 7.59. The van der Waals surface area contributed by atoms with E-state index in [0.29, 0.717) is 4.47 Å². The fraction of sp³-hybridized carbons (Fsp3) is 0.444. The zero-order chi connectivity index (χ0) is 13.3. The first kappa shape index (κ1) is 14.7. The molecule has 0 saturated heterocycles. The quantitative estimate of drug-likeness (QED) is 0.829. The molecule has 1 heterocycles. The van der Waals surface area contributed by atoms with Gasteiger partial charge < -0.3 is 0 Å². The summed E-state index contributed by atoms with van der Waals surface area (Å²) in [5.41, 5.74) is -0.351. The van der Waals surface area contributed by atoms with Gasteiger partial charge in [-0.1, -0.05) is 11.6 Å². The predicted octanol–water partition coefficient (Wildman–Crippen LogP) is 2.54.